The molecule has 4 nitrogen and oxygen atoms in total. The van der Waals surface area contributed by atoms with Crippen LogP contribution in [0, 0.1) is 6.92 Å². The molecule has 0 saturated heterocycles. The molecule has 0 fully saturated rings. The maximum absolute atomic E-state index is 5.89. The van der Waals surface area contributed by atoms with E-state index in [0.717, 1.165) is 26.2 Å². The number of aromatic nitrogens is 2. The largest absolute Gasteiger partial charge is 0.398 e. The van der Waals surface area contributed by atoms with Gasteiger partial charge in [0, 0.05) is 21.1 Å². The zero-order valence-electron chi connectivity index (χ0n) is 10.1. The molecule has 19 heavy (non-hydrogen) atoms. The molecule has 0 amide bonds. The SMILES string of the molecule is Cc1ccc(-c2nc(-c3cc(Br)cs3)no2)cc1N. The molecule has 2 aromatic heterocycles. The third-order valence-electron chi connectivity index (χ3n) is 2.74. The number of nitrogen functional groups attached to an aromatic ring is 1. The second-order valence-corrected chi connectivity index (χ2v) is 5.95. The average molecular weight is 336 g/mol. The standard InChI is InChI=1S/C13H10BrN3OS/c1-7-2-3-8(4-10(7)15)13-16-12(17-18-13)11-5-9(14)6-19-11/h2-6H,15H2,1H3. The molecule has 3 rings (SSSR count). The molecule has 96 valence electrons. The summed E-state index contributed by atoms with van der Waals surface area (Å²) in [6.45, 7) is 1.96. The molecule has 6 heteroatoms. The fourth-order valence-electron chi connectivity index (χ4n) is 1.64. The van der Waals surface area contributed by atoms with Gasteiger partial charge in [-0.1, -0.05) is 11.2 Å². The first-order valence-electron chi connectivity index (χ1n) is 5.58. The van der Waals surface area contributed by atoms with E-state index in [1.165, 1.54) is 0 Å². The molecule has 0 aliphatic carbocycles. The molecule has 0 aliphatic heterocycles. The number of benzene rings is 1. The average Bonchev–Trinajstić information content (AvgIpc) is 3.01. The Labute approximate surface area is 122 Å². The Morgan fingerprint density at radius 2 is 2.16 bits per heavy atom. The van der Waals surface area contributed by atoms with E-state index in [1.807, 2.05) is 36.6 Å². The lowest BCUT2D eigenvalue weighted by molar-refractivity contribution is 0.432. The van der Waals surface area contributed by atoms with Gasteiger partial charge in [-0.3, -0.25) is 0 Å². The highest BCUT2D eigenvalue weighted by Crippen LogP contribution is 2.30. The molecular formula is C13H10BrN3OS. The minimum atomic E-state index is 0.478. The molecule has 0 unspecified atom stereocenters. The maximum Gasteiger partial charge on any atom is 0.258 e. The Morgan fingerprint density at radius 1 is 1.32 bits per heavy atom. The summed E-state index contributed by atoms with van der Waals surface area (Å²) in [5.41, 5.74) is 8.47. The lowest BCUT2D eigenvalue weighted by atomic mass is 10.1. The summed E-state index contributed by atoms with van der Waals surface area (Å²) in [7, 11) is 0. The summed E-state index contributed by atoms with van der Waals surface area (Å²) in [4.78, 5) is 5.35. The van der Waals surface area contributed by atoms with Crippen molar-refractivity contribution in [1.29, 1.82) is 0 Å². The van der Waals surface area contributed by atoms with Crippen molar-refractivity contribution in [2.24, 2.45) is 0 Å². The molecule has 0 spiro atoms. The lowest BCUT2D eigenvalue weighted by Gasteiger charge is -2.00. The molecule has 0 bridgehead atoms. The van der Waals surface area contributed by atoms with Crippen molar-refractivity contribution >= 4 is 33.0 Å². The Hall–Kier alpha value is -1.66. The first-order valence-corrected chi connectivity index (χ1v) is 7.25. The summed E-state index contributed by atoms with van der Waals surface area (Å²) in [6.07, 6.45) is 0. The van der Waals surface area contributed by atoms with Crippen LogP contribution in [0.15, 0.2) is 38.6 Å². The smallest absolute Gasteiger partial charge is 0.258 e. The van der Waals surface area contributed by atoms with Gasteiger partial charge in [-0.05, 0) is 46.6 Å². The minimum absolute atomic E-state index is 0.478. The first kappa shape index (κ1) is 12.4. The molecule has 0 atom stereocenters. The zero-order chi connectivity index (χ0) is 13.4. The third kappa shape index (κ3) is 2.41. The van der Waals surface area contributed by atoms with Gasteiger partial charge in [0.2, 0.25) is 5.82 Å². The van der Waals surface area contributed by atoms with Crippen LogP contribution < -0.4 is 5.73 Å². The number of thiophene rings is 1. The van der Waals surface area contributed by atoms with Gasteiger partial charge >= 0.3 is 0 Å². The summed E-state index contributed by atoms with van der Waals surface area (Å²) in [5, 5.41) is 5.97. The van der Waals surface area contributed by atoms with E-state index in [-0.39, 0.29) is 0 Å². The van der Waals surface area contributed by atoms with Gasteiger partial charge in [0.1, 0.15) is 0 Å². The van der Waals surface area contributed by atoms with Crippen LogP contribution in [0.5, 0.6) is 0 Å². The summed E-state index contributed by atoms with van der Waals surface area (Å²) >= 11 is 4.97. The van der Waals surface area contributed by atoms with Crippen molar-refractivity contribution in [2.45, 2.75) is 6.92 Å². The van der Waals surface area contributed by atoms with E-state index in [0.29, 0.717) is 11.7 Å². The quantitative estimate of drug-likeness (QED) is 0.715. The van der Waals surface area contributed by atoms with Crippen LogP contribution in [0.25, 0.3) is 22.2 Å². The number of nitrogens with two attached hydrogens (primary N) is 1. The highest BCUT2D eigenvalue weighted by atomic mass is 79.9. The Balaban J connectivity index is 1.98. The third-order valence-corrected chi connectivity index (χ3v) is 4.43. The second kappa shape index (κ2) is 4.79. The van der Waals surface area contributed by atoms with Crippen molar-refractivity contribution in [1.82, 2.24) is 10.1 Å². The predicted octanol–water partition coefficient (Wildman–Crippen LogP) is 4.12. The highest BCUT2D eigenvalue weighted by Gasteiger charge is 2.12. The molecule has 0 aliphatic rings. The van der Waals surface area contributed by atoms with E-state index < -0.39 is 0 Å². The predicted molar refractivity (Wildman–Crippen MR) is 79.9 cm³/mol. The second-order valence-electron chi connectivity index (χ2n) is 4.12. The molecule has 2 heterocycles. The van der Waals surface area contributed by atoms with E-state index in [4.69, 9.17) is 10.3 Å². The van der Waals surface area contributed by atoms with E-state index >= 15 is 0 Å². The van der Waals surface area contributed by atoms with Crippen LogP contribution in [0.1, 0.15) is 5.56 Å². The van der Waals surface area contributed by atoms with Crippen LogP contribution in [-0.4, -0.2) is 10.1 Å². The van der Waals surface area contributed by atoms with Crippen molar-refractivity contribution in [2.75, 3.05) is 5.73 Å². The minimum Gasteiger partial charge on any atom is -0.398 e. The monoisotopic (exact) mass is 335 g/mol. The van der Waals surface area contributed by atoms with Crippen LogP contribution in [0.3, 0.4) is 0 Å². The van der Waals surface area contributed by atoms with E-state index in [9.17, 15) is 0 Å². The summed E-state index contributed by atoms with van der Waals surface area (Å²) in [5.74, 6) is 1.07. The lowest BCUT2D eigenvalue weighted by Crippen LogP contribution is -1.89. The molecule has 3 aromatic rings. The maximum atomic E-state index is 5.89. The van der Waals surface area contributed by atoms with Crippen molar-refractivity contribution in [3.05, 3.63) is 39.7 Å². The number of rotatable bonds is 2. The van der Waals surface area contributed by atoms with Gasteiger partial charge in [0.05, 0.1) is 4.88 Å². The van der Waals surface area contributed by atoms with Crippen LogP contribution in [0.2, 0.25) is 0 Å². The van der Waals surface area contributed by atoms with E-state index in [2.05, 4.69) is 26.1 Å². The molecular weight excluding hydrogens is 326 g/mol. The van der Waals surface area contributed by atoms with Crippen LogP contribution in [-0.2, 0) is 0 Å². The van der Waals surface area contributed by atoms with Gasteiger partial charge in [-0.15, -0.1) is 11.3 Å². The van der Waals surface area contributed by atoms with Crippen molar-refractivity contribution in [3.8, 4) is 22.2 Å². The number of halogens is 1. The van der Waals surface area contributed by atoms with Gasteiger partial charge in [0.25, 0.3) is 5.89 Å². The zero-order valence-corrected chi connectivity index (χ0v) is 12.5. The van der Waals surface area contributed by atoms with Crippen molar-refractivity contribution < 1.29 is 4.52 Å². The molecule has 1 aromatic carbocycles. The Morgan fingerprint density at radius 3 is 2.84 bits per heavy atom. The normalized spacial score (nSPS) is 10.8. The molecule has 0 radical (unpaired) electrons. The fourth-order valence-corrected chi connectivity index (χ4v) is 3.00. The van der Waals surface area contributed by atoms with E-state index in [1.54, 1.807) is 11.3 Å². The topological polar surface area (TPSA) is 64.9 Å². The van der Waals surface area contributed by atoms with Crippen LogP contribution >= 0.6 is 27.3 Å². The number of aryl methyl sites for hydroxylation is 1. The van der Waals surface area contributed by atoms with Gasteiger partial charge < -0.3 is 10.3 Å². The van der Waals surface area contributed by atoms with Gasteiger partial charge in [-0.25, -0.2) is 0 Å². The number of hydrogen-bond donors (Lipinski definition) is 1. The number of hydrogen-bond acceptors (Lipinski definition) is 5. The van der Waals surface area contributed by atoms with Crippen molar-refractivity contribution in [3.63, 3.8) is 0 Å². The molecule has 2 N–H and O–H groups in total. The Bertz CT molecular complexity index is 735. The summed E-state index contributed by atoms with van der Waals surface area (Å²) in [6, 6.07) is 7.67. The van der Waals surface area contributed by atoms with Gasteiger partial charge in [0.15, 0.2) is 0 Å². The fraction of sp³-hybridized carbons (Fsp3) is 0.0769. The number of anilines is 1. The highest BCUT2D eigenvalue weighted by molar-refractivity contribution is 9.10. The summed E-state index contributed by atoms with van der Waals surface area (Å²) < 4.78 is 6.30. The number of nitrogens with zero attached hydrogens (tertiary/aromatic N) is 2. The molecule has 0 saturated carbocycles. The van der Waals surface area contributed by atoms with Crippen LogP contribution in [0.4, 0.5) is 5.69 Å². The Kier molecular flexibility index (Phi) is 3.12. The van der Waals surface area contributed by atoms with Gasteiger partial charge in [-0.2, -0.15) is 4.98 Å². The first-order chi connectivity index (χ1) is 9.13.